The summed E-state index contributed by atoms with van der Waals surface area (Å²) in [4.78, 5) is 14.0. The molecule has 7 heteroatoms. The van der Waals surface area contributed by atoms with Crippen LogP contribution in [-0.2, 0) is 14.8 Å². The number of nitrogens with zero attached hydrogens (tertiary/aromatic N) is 1. The van der Waals surface area contributed by atoms with Gasteiger partial charge in [-0.15, -0.1) is 0 Å². The molecule has 0 bridgehead atoms. The number of carbonyl (C=O) groups is 1. The van der Waals surface area contributed by atoms with E-state index in [2.05, 4.69) is 4.72 Å². The average molecular weight is 451 g/mol. The minimum absolute atomic E-state index is 0.0346. The van der Waals surface area contributed by atoms with Crippen LogP contribution in [0.5, 0.6) is 5.75 Å². The monoisotopic (exact) mass is 450 g/mol. The largest absolute Gasteiger partial charge is 0.495 e. The Bertz CT molecular complexity index is 1210. The van der Waals surface area contributed by atoms with Crippen LogP contribution in [0.4, 0.5) is 5.69 Å². The summed E-state index contributed by atoms with van der Waals surface area (Å²) in [7, 11) is -2.40. The van der Waals surface area contributed by atoms with Crippen molar-refractivity contribution in [1.29, 1.82) is 0 Å². The third-order valence-electron chi connectivity index (χ3n) is 5.64. The van der Waals surface area contributed by atoms with Gasteiger partial charge in [0.05, 0.1) is 23.7 Å². The number of rotatable bonds is 7. The van der Waals surface area contributed by atoms with Gasteiger partial charge < -0.3 is 9.64 Å². The molecular weight excluding hydrogens is 424 g/mol. The van der Waals surface area contributed by atoms with Gasteiger partial charge in [-0.25, -0.2) is 8.42 Å². The van der Waals surface area contributed by atoms with E-state index < -0.39 is 16.1 Å². The zero-order chi connectivity index (χ0) is 22.7. The van der Waals surface area contributed by atoms with Crippen LogP contribution < -0.4 is 14.4 Å². The normalized spacial score (nSPS) is 15.1. The Hall–Kier alpha value is -3.16. The van der Waals surface area contributed by atoms with Crippen LogP contribution in [-0.4, -0.2) is 28.0 Å². The number of sulfonamides is 1. The predicted molar refractivity (Wildman–Crippen MR) is 124 cm³/mol. The molecule has 3 aromatic rings. The highest BCUT2D eigenvalue weighted by Gasteiger charge is 2.28. The van der Waals surface area contributed by atoms with E-state index in [1.165, 1.54) is 19.2 Å². The second kappa shape index (κ2) is 9.14. The third kappa shape index (κ3) is 4.54. The van der Waals surface area contributed by atoms with E-state index in [-0.39, 0.29) is 10.8 Å². The van der Waals surface area contributed by atoms with E-state index in [1.54, 1.807) is 11.0 Å². The number of ether oxygens (including phenoxy) is 1. The summed E-state index contributed by atoms with van der Waals surface area (Å²) >= 11 is 0. The molecule has 6 nitrogen and oxygen atoms in total. The topological polar surface area (TPSA) is 75.7 Å². The van der Waals surface area contributed by atoms with E-state index in [0.717, 1.165) is 23.1 Å². The summed E-state index contributed by atoms with van der Waals surface area (Å²) in [5, 5.41) is 0. The van der Waals surface area contributed by atoms with Crippen LogP contribution in [0.3, 0.4) is 0 Å². The van der Waals surface area contributed by atoms with Crippen LogP contribution in [0, 0.1) is 6.92 Å². The number of benzene rings is 3. The lowest BCUT2D eigenvalue weighted by Gasteiger charge is -2.22. The molecule has 1 heterocycles. The Kier molecular flexibility index (Phi) is 6.30. The molecule has 4 rings (SSSR count). The van der Waals surface area contributed by atoms with Gasteiger partial charge in [0.2, 0.25) is 15.9 Å². The molecule has 1 amide bonds. The fourth-order valence-electron chi connectivity index (χ4n) is 3.91. The summed E-state index contributed by atoms with van der Waals surface area (Å²) in [6.45, 7) is 2.53. The van der Waals surface area contributed by atoms with Crippen molar-refractivity contribution in [1.82, 2.24) is 4.72 Å². The summed E-state index contributed by atoms with van der Waals surface area (Å²) in [6, 6.07) is 21.3. The molecule has 1 atom stereocenters. The first-order chi connectivity index (χ1) is 15.4. The maximum Gasteiger partial charge on any atom is 0.241 e. The summed E-state index contributed by atoms with van der Waals surface area (Å²) in [6.07, 6.45) is 1.18. The van der Waals surface area contributed by atoms with Gasteiger partial charge in [-0.1, -0.05) is 60.2 Å². The van der Waals surface area contributed by atoms with Gasteiger partial charge in [0.25, 0.3) is 0 Å². The fourth-order valence-corrected chi connectivity index (χ4v) is 5.14. The summed E-state index contributed by atoms with van der Waals surface area (Å²) in [5.74, 6) is 0.435. The Balaban J connectivity index is 1.73. The van der Waals surface area contributed by atoms with Crippen LogP contribution in [0.2, 0.25) is 0 Å². The van der Waals surface area contributed by atoms with Crippen molar-refractivity contribution in [3.8, 4) is 5.75 Å². The maximum atomic E-state index is 13.4. The SMILES string of the molecule is COc1ccc(S(=O)(=O)NC(c2ccccc2)c2ccc(C)cc2)cc1N1CCCC1=O. The Morgan fingerprint density at radius 1 is 0.969 bits per heavy atom. The number of aryl methyl sites for hydroxylation is 1. The van der Waals surface area contributed by atoms with Gasteiger partial charge in [0.15, 0.2) is 0 Å². The average Bonchev–Trinajstić information content (AvgIpc) is 3.24. The van der Waals surface area contributed by atoms with Gasteiger partial charge >= 0.3 is 0 Å². The molecule has 1 aliphatic heterocycles. The zero-order valence-corrected chi connectivity index (χ0v) is 18.9. The smallest absolute Gasteiger partial charge is 0.241 e. The molecule has 1 unspecified atom stereocenters. The molecule has 0 aromatic heterocycles. The molecule has 166 valence electrons. The van der Waals surface area contributed by atoms with Crippen molar-refractivity contribution in [2.45, 2.75) is 30.7 Å². The van der Waals surface area contributed by atoms with Crippen LogP contribution in [0.15, 0.2) is 77.7 Å². The van der Waals surface area contributed by atoms with Crippen molar-refractivity contribution < 1.29 is 17.9 Å². The summed E-state index contributed by atoms with van der Waals surface area (Å²) in [5.41, 5.74) is 3.25. The van der Waals surface area contributed by atoms with E-state index in [9.17, 15) is 13.2 Å². The quantitative estimate of drug-likeness (QED) is 0.585. The highest BCUT2D eigenvalue weighted by Crippen LogP contribution is 2.34. The summed E-state index contributed by atoms with van der Waals surface area (Å²) < 4.78 is 35.1. The molecule has 0 saturated carbocycles. The van der Waals surface area contributed by atoms with Gasteiger partial charge in [-0.05, 0) is 42.7 Å². The second-order valence-electron chi connectivity index (χ2n) is 7.86. The first-order valence-electron chi connectivity index (χ1n) is 10.5. The van der Waals surface area contributed by atoms with E-state index in [1.807, 2.05) is 61.5 Å². The number of hydrogen-bond acceptors (Lipinski definition) is 4. The van der Waals surface area contributed by atoms with Crippen molar-refractivity contribution in [3.05, 3.63) is 89.5 Å². The fraction of sp³-hybridized carbons (Fsp3) is 0.240. The lowest BCUT2D eigenvalue weighted by molar-refractivity contribution is -0.117. The minimum Gasteiger partial charge on any atom is -0.495 e. The van der Waals surface area contributed by atoms with Crippen molar-refractivity contribution in [3.63, 3.8) is 0 Å². The Morgan fingerprint density at radius 2 is 1.66 bits per heavy atom. The Morgan fingerprint density at radius 3 is 2.28 bits per heavy atom. The predicted octanol–water partition coefficient (Wildman–Crippen LogP) is 4.20. The molecule has 1 saturated heterocycles. The molecule has 0 radical (unpaired) electrons. The number of nitrogens with one attached hydrogen (secondary N) is 1. The molecule has 32 heavy (non-hydrogen) atoms. The number of carbonyl (C=O) groups excluding carboxylic acids is 1. The lowest BCUT2D eigenvalue weighted by atomic mass is 9.99. The highest BCUT2D eigenvalue weighted by molar-refractivity contribution is 7.89. The van der Waals surface area contributed by atoms with Crippen LogP contribution in [0.25, 0.3) is 0 Å². The number of methoxy groups -OCH3 is 1. The van der Waals surface area contributed by atoms with Crippen molar-refractivity contribution in [2.75, 3.05) is 18.6 Å². The van der Waals surface area contributed by atoms with Crippen molar-refractivity contribution >= 4 is 21.6 Å². The van der Waals surface area contributed by atoms with Gasteiger partial charge in [-0.3, -0.25) is 4.79 Å². The van der Waals surface area contributed by atoms with Gasteiger partial charge in [0, 0.05) is 13.0 Å². The molecule has 1 aliphatic rings. The van der Waals surface area contributed by atoms with Crippen molar-refractivity contribution in [2.24, 2.45) is 0 Å². The standard InChI is InChI=1S/C25H26N2O4S/c1-18-10-12-20(13-11-18)25(19-7-4-3-5-8-19)26-32(29,30)21-14-15-23(31-2)22(17-21)27-16-6-9-24(27)28/h3-5,7-8,10-15,17,25-26H,6,9,16H2,1-2H3. The first-order valence-corrected chi connectivity index (χ1v) is 12.0. The maximum absolute atomic E-state index is 13.4. The first kappa shape index (κ1) is 22.0. The van der Waals surface area contributed by atoms with Gasteiger partial charge in [0.1, 0.15) is 5.75 Å². The number of amides is 1. The Labute approximate surface area is 188 Å². The molecule has 1 fully saturated rings. The second-order valence-corrected chi connectivity index (χ2v) is 9.57. The van der Waals surface area contributed by atoms with Crippen LogP contribution >= 0.6 is 0 Å². The van der Waals surface area contributed by atoms with E-state index >= 15 is 0 Å². The molecule has 3 aromatic carbocycles. The molecular formula is C25H26N2O4S. The molecule has 0 spiro atoms. The number of anilines is 1. The van der Waals surface area contributed by atoms with Crippen LogP contribution in [0.1, 0.15) is 35.6 Å². The highest BCUT2D eigenvalue weighted by atomic mass is 32.2. The molecule has 1 N–H and O–H groups in total. The van der Waals surface area contributed by atoms with E-state index in [4.69, 9.17) is 4.74 Å². The molecule has 0 aliphatic carbocycles. The third-order valence-corrected chi connectivity index (χ3v) is 7.06. The van der Waals surface area contributed by atoms with E-state index in [0.29, 0.717) is 24.4 Å². The zero-order valence-electron chi connectivity index (χ0n) is 18.1. The van der Waals surface area contributed by atoms with Gasteiger partial charge in [-0.2, -0.15) is 4.72 Å². The lowest BCUT2D eigenvalue weighted by Crippen LogP contribution is -2.30. The minimum atomic E-state index is -3.90. The number of hydrogen-bond donors (Lipinski definition) is 1.